The molecule has 2 heteroatoms. The molecule has 0 aromatic rings. The molecule has 0 aromatic heterocycles. The van der Waals surface area contributed by atoms with Gasteiger partial charge in [0.15, 0.2) is 0 Å². The van der Waals surface area contributed by atoms with Gasteiger partial charge in [0.05, 0.1) is 6.10 Å². The first-order valence-electron chi connectivity index (χ1n) is 1.95. The summed E-state index contributed by atoms with van der Waals surface area (Å²) in [6.07, 6.45) is 0.745. The summed E-state index contributed by atoms with van der Waals surface area (Å²) in [4.78, 5) is 0. The van der Waals surface area contributed by atoms with E-state index >= 15 is 0 Å². The fraction of sp³-hybridized carbons (Fsp3) is 1.00. The van der Waals surface area contributed by atoms with Gasteiger partial charge in [-0.2, -0.15) is 0 Å². The second kappa shape index (κ2) is 7.01. The average molecular weight is 208 g/mol. The summed E-state index contributed by atoms with van der Waals surface area (Å²) in [7, 11) is 0. The molecule has 0 aliphatic rings. The standard InChI is InChI=1S/C4H10O.Cs.H/c1-3-4(2)5;;/h4-5H,3H2,1-2H3;;/q;+1;-1. The molecule has 0 heterocycles. The van der Waals surface area contributed by atoms with Crippen LogP contribution in [0.4, 0.5) is 0 Å². The molecule has 0 bridgehead atoms. The largest absolute Gasteiger partial charge is 1.00 e. The van der Waals surface area contributed by atoms with E-state index in [0.717, 1.165) is 6.42 Å². The fourth-order valence-electron chi connectivity index (χ4n) is 0. The summed E-state index contributed by atoms with van der Waals surface area (Å²) in [6, 6.07) is 0. The van der Waals surface area contributed by atoms with Gasteiger partial charge in [0.25, 0.3) is 0 Å². The van der Waals surface area contributed by atoms with Crippen LogP contribution in [0.2, 0.25) is 0 Å². The van der Waals surface area contributed by atoms with Gasteiger partial charge in [-0.15, -0.1) is 0 Å². The van der Waals surface area contributed by atoms with Crippen LogP contribution in [-0.2, 0) is 0 Å². The van der Waals surface area contributed by atoms with Crippen molar-refractivity contribution in [2.45, 2.75) is 26.4 Å². The molecular weight excluding hydrogens is 197 g/mol. The maximum Gasteiger partial charge on any atom is 1.00 e. The van der Waals surface area contributed by atoms with Crippen molar-refractivity contribution < 1.29 is 75.4 Å². The van der Waals surface area contributed by atoms with Crippen LogP contribution >= 0.6 is 0 Å². The van der Waals surface area contributed by atoms with E-state index in [0.29, 0.717) is 0 Å². The molecule has 0 saturated carbocycles. The van der Waals surface area contributed by atoms with Crippen LogP contribution in [0, 0.1) is 0 Å². The minimum absolute atomic E-state index is 0. The zero-order valence-corrected chi connectivity index (χ0v) is 11.0. The number of hydrogen-bond acceptors (Lipinski definition) is 1. The van der Waals surface area contributed by atoms with Gasteiger partial charge in [0.1, 0.15) is 0 Å². The van der Waals surface area contributed by atoms with Crippen molar-refractivity contribution in [3.8, 4) is 0 Å². The van der Waals surface area contributed by atoms with Crippen molar-refractivity contribution in [3.05, 3.63) is 0 Å². The van der Waals surface area contributed by atoms with Crippen molar-refractivity contribution in [1.29, 1.82) is 0 Å². The maximum atomic E-state index is 8.36. The molecule has 1 N–H and O–H groups in total. The van der Waals surface area contributed by atoms with Gasteiger partial charge >= 0.3 is 68.9 Å². The van der Waals surface area contributed by atoms with Gasteiger partial charge in [-0.3, -0.25) is 0 Å². The van der Waals surface area contributed by atoms with Gasteiger partial charge < -0.3 is 6.53 Å². The Bertz CT molecular complexity index is 25.7. The summed E-state index contributed by atoms with van der Waals surface area (Å²) < 4.78 is 0. The van der Waals surface area contributed by atoms with Crippen LogP contribution in [0.1, 0.15) is 21.7 Å². The quantitative estimate of drug-likeness (QED) is 0.523. The molecule has 6 heavy (non-hydrogen) atoms. The smallest absolute Gasteiger partial charge is 1.00 e. The molecule has 0 radical (unpaired) electrons. The molecule has 0 aliphatic carbocycles. The predicted molar refractivity (Wildman–Crippen MR) is 23.1 cm³/mol. The Hall–Kier alpha value is 2.01. The summed E-state index contributed by atoms with van der Waals surface area (Å²) >= 11 is 0. The molecule has 1 unspecified atom stereocenters. The summed E-state index contributed by atoms with van der Waals surface area (Å²) in [5.74, 6) is 0. The molecule has 0 aliphatic heterocycles. The molecular formula is C4H11CsO. The molecule has 1 nitrogen and oxygen atoms in total. The summed E-state index contributed by atoms with van der Waals surface area (Å²) in [5.41, 5.74) is 0. The Morgan fingerprint density at radius 1 is 1.83 bits per heavy atom. The van der Waals surface area contributed by atoms with E-state index in [2.05, 4.69) is 0 Å². The van der Waals surface area contributed by atoms with Crippen molar-refractivity contribution in [3.63, 3.8) is 0 Å². The Labute approximate surface area is 99.4 Å². The van der Waals surface area contributed by atoms with Crippen LogP contribution in [-0.4, -0.2) is 11.2 Å². The molecule has 1 atom stereocenters. The van der Waals surface area contributed by atoms with Gasteiger partial charge in [-0.1, -0.05) is 6.92 Å². The number of aliphatic hydroxyl groups is 1. The number of rotatable bonds is 1. The SMILES string of the molecule is CCC(C)O.[Cs+].[H-]. The van der Waals surface area contributed by atoms with Gasteiger partial charge in [0, 0.05) is 0 Å². The van der Waals surface area contributed by atoms with Gasteiger partial charge in [-0.05, 0) is 13.3 Å². The number of hydrogen-bond donors (Lipinski definition) is 1. The van der Waals surface area contributed by atoms with Gasteiger partial charge in [-0.25, -0.2) is 0 Å². The molecule has 0 aromatic carbocycles. The molecule has 0 rings (SSSR count). The van der Waals surface area contributed by atoms with E-state index in [1.165, 1.54) is 0 Å². The molecule has 0 fully saturated rings. The molecule has 0 amide bonds. The zero-order chi connectivity index (χ0) is 4.28. The Morgan fingerprint density at radius 2 is 2.00 bits per heavy atom. The van der Waals surface area contributed by atoms with E-state index in [1.54, 1.807) is 6.92 Å². The third-order valence-corrected chi connectivity index (χ3v) is 0.591. The maximum absolute atomic E-state index is 8.36. The fourth-order valence-corrected chi connectivity index (χ4v) is 0. The molecule has 34 valence electrons. The van der Waals surface area contributed by atoms with Crippen molar-refractivity contribution in [2.75, 3.05) is 0 Å². The minimum Gasteiger partial charge on any atom is -1.00 e. The first-order valence-corrected chi connectivity index (χ1v) is 1.95. The van der Waals surface area contributed by atoms with E-state index in [4.69, 9.17) is 5.11 Å². The summed E-state index contributed by atoms with van der Waals surface area (Å²) in [5, 5.41) is 8.36. The Kier molecular flexibility index (Phi) is 12.7. The normalized spacial score (nSPS) is 12.5. The first-order chi connectivity index (χ1) is 2.27. The molecule has 0 spiro atoms. The van der Waals surface area contributed by atoms with Crippen LogP contribution in [0.25, 0.3) is 0 Å². The van der Waals surface area contributed by atoms with E-state index < -0.39 is 0 Å². The van der Waals surface area contributed by atoms with Crippen LogP contribution in [0.3, 0.4) is 0 Å². The predicted octanol–water partition coefficient (Wildman–Crippen LogP) is -2.11. The summed E-state index contributed by atoms with van der Waals surface area (Å²) in [6.45, 7) is 3.73. The monoisotopic (exact) mass is 208 g/mol. The third-order valence-electron chi connectivity index (χ3n) is 0.591. The Balaban J connectivity index is -0.0000000800. The molecule has 0 saturated heterocycles. The van der Waals surface area contributed by atoms with E-state index in [-0.39, 0.29) is 76.4 Å². The van der Waals surface area contributed by atoms with Crippen molar-refractivity contribution >= 4 is 0 Å². The second-order valence-electron chi connectivity index (χ2n) is 1.26. The topological polar surface area (TPSA) is 20.2 Å². The van der Waals surface area contributed by atoms with Crippen LogP contribution in [0.5, 0.6) is 0 Å². The van der Waals surface area contributed by atoms with Crippen LogP contribution in [0.15, 0.2) is 0 Å². The first kappa shape index (κ1) is 10.9. The average Bonchev–Trinajstić information content (AvgIpc) is 1.38. The second-order valence-corrected chi connectivity index (χ2v) is 1.26. The van der Waals surface area contributed by atoms with E-state index in [1.807, 2.05) is 6.92 Å². The van der Waals surface area contributed by atoms with Gasteiger partial charge in [0.2, 0.25) is 0 Å². The third kappa shape index (κ3) is 9.38. The minimum atomic E-state index is -0.116. The zero-order valence-electron chi connectivity index (χ0n) is 5.73. The van der Waals surface area contributed by atoms with Crippen molar-refractivity contribution in [1.82, 2.24) is 0 Å². The van der Waals surface area contributed by atoms with Crippen molar-refractivity contribution in [2.24, 2.45) is 0 Å². The van der Waals surface area contributed by atoms with Crippen LogP contribution < -0.4 is 68.9 Å². The Morgan fingerprint density at radius 3 is 2.00 bits per heavy atom. The van der Waals surface area contributed by atoms with E-state index in [9.17, 15) is 0 Å². The number of aliphatic hydroxyl groups excluding tert-OH is 1.